The zero-order valence-corrected chi connectivity index (χ0v) is 20.8. The van der Waals surface area contributed by atoms with E-state index in [2.05, 4.69) is 115 Å². The quantitative estimate of drug-likeness (QED) is 0.238. The van der Waals surface area contributed by atoms with Gasteiger partial charge in [-0.15, -0.1) is 0 Å². The molecule has 0 heterocycles. The number of rotatable bonds is 10. The molecule has 0 atom stereocenters. The monoisotopic (exact) mass is 504 g/mol. The average Bonchev–Trinajstić information content (AvgIpc) is 2.86. The van der Waals surface area contributed by atoms with Gasteiger partial charge in [0.1, 0.15) is 23.2 Å². The van der Waals surface area contributed by atoms with Crippen LogP contribution in [0.5, 0.6) is 0 Å². The molecule has 0 bridgehead atoms. The maximum Gasteiger partial charge on any atom is 0.112 e. The van der Waals surface area contributed by atoms with Gasteiger partial charge in [0.2, 0.25) is 0 Å². The van der Waals surface area contributed by atoms with Crippen LogP contribution in [0.15, 0.2) is 121 Å². The molecule has 0 fully saturated rings. The lowest BCUT2D eigenvalue weighted by molar-refractivity contribution is -0.00000662. The Labute approximate surface area is 203 Å². The molecule has 4 aromatic rings. The van der Waals surface area contributed by atoms with Crippen molar-refractivity contribution in [2.45, 2.75) is 19.4 Å². The van der Waals surface area contributed by atoms with E-state index in [1.807, 2.05) is 6.07 Å². The van der Waals surface area contributed by atoms with E-state index in [1.54, 1.807) is 0 Å². The minimum atomic E-state index is -1.72. The van der Waals surface area contributed by atoms with Crippen LogP contribution < -0.4 is 32.9 Å². The second kappa shape index (κ2) is 12.7. The lowest BCUT2D eigenvalue weighted by Crippen LogP contribution is -3.00. The SMILES string of the molecule is [Br-].c1ccc(COCCCC[P+](c2ccccc2)(c2ccccc2)c2ccccc2)cc1. The first-order valence-electron chi connectivity index (χ1n) is 11.1. The number of ether oxygens (including phenoxy) is 1. The summed E-state index contributed by atoms with van der Waals surface area (Å²) in [4.78, 5) is 0. The van der Waals surface area contributed by atoms with Gasteiger partial charge in [0.15, 0.2) is 0 Å². The molecule has 1 nitrogen and oxygen atoms in total. The van der Waals surface area contributed by atoms with E-state index in [0.29, 0.717) is 6.61 Å². The maximum absolute atomic E-state index is 5.96. The molecule has 0 aliphatic rings. The number of unbranched alkanes of at least 4 members (excludes halogenated alkanes) is 1. The smallest absolute Gasteiger partial charge is 0.112 e. The normalized spacial score (nSPS) is 11.0. The van der Waals surface area contributed by atoms with Crippen molar-refractivity contribution in [3.63, 3.8) is 0 Å². The van der Waals surface area contributed by atoms with Crippen molar-refractivity contribution in [3.8, 4) is 0 Å². The van der Waals surface area contributed by atoms with E-state index in [-0.39, 0.29) is 17.0 Å². The van der Waals surface area contributed by atoms with E-state index in [4.69, 9.17) is 4.74 Å². The molecule has 4 rings (SSSR count). The van der Waals surface area contributed by atoms with Crippen LogP contribution in [0.3, 0.4) is 0 Å². The number of halogens is 1. The first-order valence-corrected chi connectivity index (χ1v) is 13.0. The van der Waals surface area contributed by atoms with E-state index in [1.165, 1.54) is 21.5 Å². The summed E-state index contributed by atoms with van der Waals surface area (Å²) in [5, 5.41) is 4.37. The summed E-state index contributed by atoms with van der Waals surface area (Å²) in [6.45, 7) is 1.49. The molecule has 4 aromatic carbocycles. The highest BCUT2D eigenvalue weighted by molar-refractivity contribution is 7.95. The summed E-state index contributed by atoms with van der Waals surface area (Å²) in [6, 6.07) is 43.8. The van der Waals surface area contributed by atoms with E-state index >= 15 is 0 Å². The molecule has 0 saturated heterocycles. The fourth-order valence-corrected chi connectivity index (χ4v) is 8.61. The molecule has 32 heavy (non-hydrogen) atoms. The molecule has 164 valence electrons. The molecule has 0 saturated carbocycles. The van der Waals surface area contributed by atoms with Crippen LogP contribution in [0.1, 0.15) is 18.4 Å². The van der Waals surface area contributed by atoms with Crippen LogP contribution in [0, 0.1) is 0 Å². The average molecular weight is 505 g/mol. The first-order chi connectivity index (χ1) is 15.4. The lowest BCUT2D eigenvalue weighted by Gasteiger charge is -2.27. The number of hydrogen-bond acceptors (Lipinski definition) is 1. The van der Waals surface area contributed by atoms with Crippen molar-refractivity contribution in [1.29, 1.82) is 0 Å². The summed E-state index contributed by atoms with van der Waals surface area (Å²) in [7, 11) is -1.72. The molecule has 3 heteroatoms. The Morgan fingerprint density at radius 2 is 0.906 bits per heavy atom. The largest absolute Gasteiger partial charge is 1.00 e. The van der Waals surface area contributed by atoms with Crippen molar-refractivity contribution < 1.29 is 21.7 Å². The minimum Gasteiger partial charge on any atom is -1.00 e. The summed E-state index contributed by atoms with van der Waals surface area (Å²) in [5.41, 5.74) is 1.24. The second-order valence-electron chi connectivity index (χ2n) is 7.79. The van der Waals surface area contributed by atoms with Crippen molar-refractivity contribution in [3.05, 3.63) is 127 Å². The standard InChI is InChI=1S/C29H30OP.BrH/c1-5-15-26(16-6-1)25-30-23-13-14-24-31(27-17-7-2-8-18-27,28-19-9-3-10-20-28)29-21-11-4-12-22-29;/h1-12,15-22H,13-14,23-25H2;1H/q+1;/p-1. The number of hydrogen-bond donors (Lipinski definition) is 0. The molecular weight excluding hydrogens is 475 g/mol. The summed E-state index contributed by atoms with van der Waals surface area (Å²) in [5.74, 6) is 0. The first kappa shape index (κ1) is 24.4. The van der Waals surface area contributed by atoms with E-state index < -0.39 is 7.26 Å². The van der Waals surface area contributed by atoms with Gasteiger partial charge in [0.05, 0.1) is 12.8 Å². The molecule has 0 aliphatic carbocycles. The Hall–Kier alpha value is -2.25. The Balaban J connectivity index is 0.00000289. The topological polar surface area (TPSA) is 9.23 Å². The predicted octanol–water partition coefficient (Wildman–Crippen LogP) is 2.98. The Morgan fingerprint density at radius 3 is 1.34 bits per heavy atom. The number of benzene rings is 4. The van der Waals surface area contributed by atoms with Gasteiger partial charge in [-0.2, -0.15) is 0 Å². The predicted molar refractivity (Wildman–Crippen MR) is 135 cm³/mol. The maximum atomic E-state index is 5.96. The lowest BCUT2D eigenvalue weighted by atomic mass is 10.2. The minimum absolute atomic E-state index is 0. The molecule has 0 spiro atoms. The van der Waals surface area contributed by atoms with Gasteiger partial charge in [-0.1, -0.05) is 84.9 Å². The van der Waals surface area contributed by atoms with Crippen LogP contribution in [-0.4, -0.2) is 12.8 Å². The van der Waals surface area contributed by atoms with Gasteiger partial charge in [-0.25, -0.2) is 0 Å². The highest BCUT2D eigenvalue weighted by atomic mass is 79.9. The van der Waals surface area contributed by atoms with Crippen molar-refractivity contribution in [2.75, 3.05) is 12.8 Å². The third-order valence-electron chi connectivity index (χ3n) is 5.73. The summed E-state index contributed by atoms with van der Waals surface area (Å²) >= 11 is 0. The third-order valence-corrected chi connectivity index (χ3v) is 10.3. The van der Waals surface area contributed by atoms with E-state index in [9.17, 15) is 0 Å². The zero-order chi connectivity index (χ0) is 21.2. The zero-order valence-electron chi connectivity index (χ0n) is 18.3. The van der Waals surface area contributed by atoms with E-state index in [0.717, 1.165) is 25.6 Å². The molecule has 0 aliphatic heterocycles. The Morgan fingerprint density at radius 1 is 0.500 bits per heavy atom. The van der Waals surface area contributed by atoms with Gasteiger partial charge in [-0.05, 0) is 54.8 Å². The molecule has 0 unspecified atom stereocenters. The molecule has 0 N–H and O–H groups in total. The highest BCUT2D eigenvalue weighted by Crippen LogP contribution is 2.55. The van der Waals surface area contributed by atoms with Gasteiger partial charge in [0, 0.05) is 6.61 Å². The Kier molecular flexibility index (Phi) is 9.68. The van der Waals surface area contributed by atoms with Crippen LogP contribution in [-0.2, 0) is 11.3 Å². The molecule has 0 amide bonds. The van der Waals surface area contributed by atoms with Crippen molar-refractivity contribution >= 4 is 23.2 Å². The third kappa shape index (κ3) is 5.95. The fourth-order valence-electron chi connectivity index (χ4n) is 4.20. The van der Waals surface area contributed by atoms with Gasteiger partial charge >= 0.3 is 0 Å². The summed E-state index contributed by atoms with van der Waals surface area (Å²) in [6.07, 6.45) is 3.36. The second-order valence-corrected chi connectivity index (χ2v) is 11.4. The fraction of sp³-hybridized carbons (Fsp3) is 0.172. The van der Waals surface area contributed by atoms with Crippen molar-refractivity contribution in [1.82, 2.24) is 0 Å². The van der Waals surface area contributed by atoms with Crippen LogP contribution in [0.4, 0.5) is 0 Å². The van der Waals surface area contributed by atoms with Crippen LogP contribution in [0.25, 0.3) is 0 Å². The van der Waals surface area contributed by atoms with Crippen molar-refractivity contribution in [2.24, 2.45) is 0 Å². The molecule has 0 radical (unpaired) electrons. The highest BCUT2D eigenvalue weighted by Gasteiger charge is 2.44. The molecule has 0 aromatic heterocycles. The summed E-state index contributed by atoms with van der Waals surface area (Å²) < 4.78 is 5.96. The van der Waals surface area contributed by atoms with Gasteiger partial charge in [-0.3, -0.25) is 0 Å². The Bertz CT molecular complexity index is 927. The van der Waals surface area contributed by atoms with Gasteiger partial charge in [0.25, 0.3) is 0 Å². The van der Waals surface area contributed by atoms with Gasteiger partial charge < -0.3 is 21.7 Å². The van der Waals surface area contributed by atoms with Crippen LogP contribution in [0.2, 0.25) is 0 Å². The van der Waals surface area contributed by atoms with Crippen LogP contribution >= 0.6 is 7.26 Å². The molecular formula is C29H30BrOP.